The Balaban J connectivity index is 1.75. The van der Waals surface area contributed by atoms with Crippen LogP contribution < -0.4 is 19.7 Å². The quantitative estimate of drug-likeness (QED) is 0.905. The SMILES string of the molecule is CCC(=O)N[C@@H]1CC(=O)N(c2ccc3c(c2)OCCO3)C1. The van der Waals surface area contributed by atoms with Gasteiger partial charge in [-0.25, -0.2) is 0 Å². The molecule has 1 atom stereocenters. The van der Waals surface area contributed by atoms with E-state index in [0.717, 1.165) is 5.69 Å². The van der Waals surface area contributed by atoms with E-state index in [2.05, 4.69) is 5.32 Å². The van der Waals surface area contributed by atoms with Crippen LogP contribution in [0.1, 0.15) is 19.8 Å². The van der Waals surface area contributed by atoms with E-state index < -0.39 is 0 Å². The third-order valence-corrected chi connectivity index (χ3v) is 3.65. The van der Waals surface area contributed by atoms with Gasteiger partial charge in [0.25, 0.3) is 0 Å². The Kier molecular flexibility index (Phi) is 3.68. The van der Waals surface area contributed by atoms with Crippen molar-refractivity contribution >= 4 is 17.5 Å². The van der Waals surface area contributed by atoms with Crippen molar-refractivity contribution in [1.82, 2.24) is 5.32 Å². The molecule has 0 saturated carbocycles. The Morgan fingerprint density at radius 1 is 1.33 bits per heavy atom. The normalized spacial score (nSPS) is 20.5. The van der Waals surface area contributed by atoms with Gasteiger partial charge in [-0.15, -0.1) is 0 Å². The highest BCUT2D eigenvalue weighted by molar-refractivity contribution is 5.97. The molecule has 2 aliphatic heterocycles. The minimum atomic E-state index is -0.127. The number of benzene rings is 1. The van der Waals surface area contributed by atoms with Crippen LogP contribution in [0.25, 0.3) is 0 Å². The molecule has 6 heteroatoms. The summed E-state index contributed by atoms with van der Waals surface area (Å²) in [6.07, 6.45) is 0.759. The summed E-state index contributed by atoms with van der Waals surface area (Å²) in [5.74, 6) is 1.34. The van der Waals surface area contributed by atoms with Crippen molar-refractivity contribution in [2.45, 2.75) is 25.8 Å². The van der Waals surface area contributed by atoms with Crippen LogP contribution in [0, 0.1) is 0 Å². The third-order valence-electron chi connectivity index (χ3n) is 3.65. The highest BCUT2D eigenvalue weighted by Gasteiger charge is 2.32. The van der Waals surface area contributed by atoms with Gasteiger partial charge in [-0.1, -0.05) is 6.92 Å². The molecule has 0 aromatic heterocycles. The van der Waals surface area contributed by atoms with Crippen molar-refractivity contribution < 1.29 is 19.1 Å². The van der Waals surface area contributed by atoms with Crippen LogP contribution in [0.2, 0.25) is 0 Å². The maximum absolute atomic E-state index is 12.1. The number of hydrogen-bond donors (Lipinski definition) is 1. The molecule has 0 unspecified atom stereocenters. The summed E-state index contributed by atoms with van der Waals surface area (Å²) in [7, 11) is 0. The maximum Gasteiger partial charge on any atom is 0.229 e. The van der Waals surface area contributed by atoms with Gasteiger partial charge in [-0.2, -0.15) is 0 Å². The number of hydrogen-bond acceptors (Lipinski definition) is 4. The summed E-state index contributed by atoms with van der Waals surface area (Å²) in [5.41, 5.74) is 0.775. The van der Waals surface area contributed by atoms with Crippen LogP contribution in [0.3, 0.4) is 0 Å². The average molecular weight is 290 g/mol. The predicted molar refractivity (Wildman–Crippen MR) is 76.6 cm³/mol. The number of rotatable bonds is 3. The number of carbonyl (C=O) groups is 2. The smallest absolute Gasteiger partial charge is 0.229 e. The lowest BCUT2D eigenvalue weighted by Crippen LogP contribution is -2.36. The summed E-state index contributed by atoms with van der Waals surface area (Å²) in [6.45, 7) is 3.34. The first-order valence-electron chi connectivity index (χ1n) is 7.16. The van der Waals surface area contributed by atoms with Gasteiger partial charge in [0.05, 0.1) is 6.04 Å². The number of nitrogens with one attached hydrogen (secondary N) is 1. The highest BCUT2D eigenvalue weighted by Crippen LogP contribution is 2.35. The summed E-state index contributed by atoms with van der Waals surface area (Å²) in [5, 5.41) is 2.86. The number of carbonyl (C=O) groups excluding carboxylic acids is 2. The highest BCUT2D eigenvalue weighted by atomic mass is 16.6. The fraction of sp³-hybridized carbons (Fsp3) is 0.467. The first-order chi connectivity index (χ1) is 10.2. The molecule has 21 heavy (non-hydrogen) atoms. The van der Waals surface area contributed by atoms with E-state index in [0.29, 0.717) is 44.1 Å². The lowest BCUT2D eigenvalue weighted by molar-refractivity contribution is -0.121. The molecule has 1 N–H and O–H groups in total. The molecule has 3 rings (SSSR count). The predicted octanol–water partition coefficient (Wildman–Crippen LogP) is 1.09. The monoisotopic (exact) mass is 290 g/mol. The molecule has 0 bridgehead atoms. The minimum absolute atomic E-state index is 0.00748. The molecule has 6 nitrogen and oxygen atoms in total. The van der Waals surface area contributed by atoms with E-state index in [1.54, 1.807) is 11.8 Å². The second kappa shape index (κ2) is 5.63. The summed E-state index contributed by atoms with van der Waals surface area (Å²) >= 11 is 0. The van der Waals surface area contributed by atoms with E-state index >= 15 is 0 Å². The van der Waals surface area contributed by atoms with Crippen LogP contribution in [0.4, 0.5) is 5.69 Å². The zero-order valence-electron chi connectivity index (χ0n) is 11.9. The van der Waals surface area contributed by atoms with Crippen molar-refractivity contribution in [2.24, 2.45) is 0 Å². The van der Waals surface area contributed by atoms with Gasteiger partial charge in [-0.05, 0) is 12.1 Å². The van der Waals surface area contributed by atoms with E-state index in [-0.39, 0.29) is 17.9 Å². The zero-order chi connectivity index (χ0) is 14.8. The molecule has 0 radical (unpaired) electrons. The van der Waals surface area contributed by atoms with E-state index in [9.17, 15) is 9.59 Å². The molecule has 1 aromatic rings. The lowest BCUT2D eigenvalue weighted by Gasteiger charge is -2.22. The first-order valence-corrected chi connectivity index (χ1v) is 7.16. The molecule has 0 aliphatic carbocycles. The van der Waals surface area contributed by atoms with Crippen LogP contribution >= 0.6 is 0 Å². The molecule has 2 aliphatic rings. The molecule has 1 fully saturated rings. The second-order valence-corrected chi connectivity index (χ2v) is 5.15. The van der Waals surface area contributed by atoms with E-state index in [1.807, 2.05) is 18.2 Å². The fourth-order valence-corrected chi connectivity index (χ4v) is 2.58. The largest absolute Gasteiger partial charge is 0.486 e. The van der Waals surface area contributed by atoms with E-state index in [1.165, 1.54) is 0 Å². The van der Waals surface area contributed by atoms with Crippen LogP contribution in [0.15, 0.2) is 18.2 Å². The number of nitrogens with zero attached hydrogens (tertiary/aromatic N) is 1. The van der Waals surface area contributed by atoms with Crippen molar-refractivity contribution in [3.05, 3.63) is 18.2 Å². The molecule has 2 heterocycles. The van der Waals surface area contributed by atoms with Crippen molar-refractivity contribution in [3.63, 3.8) is 0 Å². The van der Waals surface area contributed by atoms with Crippen molar-refractivity contribution in [1.29, 1.82) is 0 Å². The fourth-order valence-electron chi connectivity index (χ4n) is 2.58. The van der Waals surface area contributed by atoms with Gasteiger partial charge in [0.1, 0.15) is 13.2 Å². The standard InChI is InChI=1S/C15H18N2O4/c1-2-14(18)16-10-7-15(19)17(9-10)11-3-4-12-13(8-11)21-6-5-20-12/h3-4,8,10H,2,5-7,9H2,1H3,(H,16,18)/t10-/m1/s1. The van der Waals surface area contributed by atoms with Gasteiger partial charge in [-0.3, -0.25) is 9.59 Å². The Morgan fingerprint density at radius 2 is 2.10 bits per heavy atom. The lowest BCUT2D eigenvalue weighted by atomic mass is 10.2. The third kappa shape index (κ3) is 2.79. The number of amides is 2. The number of anilines is 1. The Hall–Kier alpha value is -2.24. The maximum atomic E-state index is 12.1. The number of fused-ring (bicyclic) bond motifs is 1. The number of ether oxygens (including phenoxy) is 2. The molecule has 112 valence electrons. The Morgan fingerprint density at radius 3 is 2.86 bits per heavy atom. The summed E-state index contributed by atoms with van der Waals surface area (Å²) in [6, 6.07) is 5.35. The Labute approximate surface area is 123 Å². The Bertz CT molecular complexity index is 573. The van der Waals surface area contributed by atoms with Gasteiger partial charge in [0, 0.05) is 31.1 Å². The average Bonchev–Trinajstić information content (AvgIpc) is 2.87. The van der Waals surface area contributed by atoms with Crippen LogP contribution in [-0.2, 0) is 9.59 Å². The van der Waals surface area contributed by atoms with Gasteiger partial charge < -0.3 is 19.7 Å². The van der Waals surface area contributed by atoms with Crippen molar-refractivity contribution in [3.8, 4) is 11.5 Å². The van der Waals surface area contributed by atoms with E-state index in [4.69, 9.17) is 9.47 Å². The van der Waals surface area contributed by atoms with Gasteiger partial charge >= 0.3 is 0 Å². The molecule has 1 aromatic carbocycles. The topological polar surface area (TPSA) is 67.9 Å². The molecule has 0 spiro atoms. The van der Waals surface area contributed by atoms with Crippen molar-refractivity contribution in [2.75, 3.05) is 24.7 Å². The molecule has 2 amide bonds. The summed E-state index contributed by atoms with van der Waals surface area (Å²) < 4.78 is 11.0. The van der Waals surface area contributed by atoms with Gasteiger partial charge in [0.15, 0.2) is 11.5 Å². The minimum Gasteiger partial charge on any atom is -0.486 e. The first kappa shape index (κ1) is 13.7. The molecule has 1 saturated heterocycles. The van der Waals surface area contributed by atoms with Crippen LogP contribution in [0.5, 0.6) is 11.5 Å². The van der Waals surface area contributed by atoms with Crippen LogP contribution in [-0.4, -0.2) is 37.6 Å². The summed E-state index contributed by atoms with van der Waals surface area (Å²) in [4.78, 5) is 25.2. The zero-order valence-corrected chi connectivity index (χ0v) is 11.9. The van der Waals surface area contributed by atoms with Gasteiger partial charge in [0.2, 0.25) is 11.8 Å². The molecular formula is C15H18N2O4. The second-order valence-electron chi connectivity index (χ2n) is 5.15. The molecular weight excluding hydrogens is 272 g/mol.